The number of aromatic nitrogens is 3. The van der Waals surface area contributed by atoms with Crippen LogP contribution in [-0.2, 0) is 6.18 Å². The molecule has 0 unspecified atom stereocenters. The third kappa shape index (κ3) is 5.75. The Morgan fingerprint density at radius 1 is 0.895 bits per heavy atom. The second-order valence-corrected chi connectivity index (χ2v) is 10.9. The molecule has 5 rings (SSSR count). The molecule has 7 nitrogen and oxygen atoms in total. The Kier molecular flexibility index (Phi) is 7.54. The lowest BCUT2D eigenvalue weighted by Gasteiger charge is -2.36. The Labute approximate surface area is 231 Å². The van der Waals surface area contributed by atoms with Crippen molar-refractivity contribution in [2.75, 3.05) is 41.7 Å². The molecule has 2 aromatic heterocycles. The average Bonchev–Trinajstić information content (AvgIpc) is 3.29. The van der Waals surface area contributed by atoms with E-state index in [1.807, 2.05) is 0 Å². The number of thiazole rings is 1. The summed E-state index contributed by atoms with van der Waals surface area (Å²) in [5, 5.41) is 7.69. The number of rotatable bonds is 6. The van der Waals surface area contributed by atoms with Crippen LogP contribution >= 0.6 is 34.5 Å². The molecule has 3 heterocycles. The lowest BCUT2D eigenvalue weighted by atomic mass is 10.2. The quantitative estimate of drug-likeness (QED) is 0.245. The van der Waals surface area contributed by atoms with Crippen LogP contribution in [0.3, 0.4) is 0 Å². The van der Waals surface area contributed by atoms with Gasteiger partial charge in [0.05, 0.1) is 21.3 Å². The van der Waals surface area contributed by atoms with Gasteiger partial charge in [0.25, 0.3) is 0 Å². The van der Waals surface area contributed by atoms with Crippen LogP contribution in [0.1, 0.15) is 19.4 Å². The fourth-order valence-corrected chi connectivity index (χ4v) is 5.47. The zero-order valence-corrected chi connectivity index (χ0v) is 22.8. The summed E-state index contributed by atoms with van der Waals surface area (Å²) in [6.45, 7) is 7.59. The number of benzene rings is 2. The van der Waals surface area contributed by atoms with Crippen molar-refractivity contribution in [1.82, 2.24) is 19.9 Å². The molecular weight excluding hydrogens is 558 g/mol. The first kappa shape index (κ1) is 26.7. The van der Waals surface area contributed by atoms with Crippen molar-refractivity contribution in [2.45, 2.75) is 26.1 Å². The Morgan fingerprint density at radius 2 is 1.55 bits per heavy atom. The second-order valence-electron chi connectivity index (χ2n) is 9.08. The van der Waals surface area contributed by atoms with Crippen molar-refractivity contribution in [3.63, 3.8) is 0 Å². The Bertz CT molecular complexity index is 1420. The molecule has 1 aliphatic heterocycles. The van der Waals surface area contributed by atoms with Gasteiger partial charge in [-0.3, -0.25) is 4.90 Å². The molecule has 2 N–H and O–H groups in total. The predicted molar refractivity (Wildman–Crippen MR) is 149 cm³/mol. The summed E-state index contributed by atoms with van der Waals surface area (Å²) in [6, 6.07) is 10.4. The number of anilines is 5. The Hall–Kier alpha value is -2.86. The van der Waals surface area contributed by atoms with Gasteiger partial charge in [-0.1, -0.05) is 40.6 Å². The van der Waals surface area contributed by atoms with E-state index in [2.05, 4.69) is 39.3 Å². The van der Waals surface area contributed by atoms with Gasteiger partial charge < -0.3 is 15.5 Å². The van der Waals surface area contributed by atoms with Gasteiger partial charge in [-0.05, 0) is 50.2 Å². The third-order valence-electron chi connectivity index (χ3n) is 6.24. The number of hydrogen-bond acceptors (Lipinski definition) is 8. The minimum Gasteiger partial charge on any atom is -0.338 e. The zero-order chi connectivity index (χ0) is 27.0. The Morgan fingerprint density at radius 3 is 2.16 bits per heavy atom. The largest absolute Gasteiger partial charge is 0.416 e. The molecule has 4 aromatic rings. The number of halogens is 5. The van der Waals surface area contributed by atoms with E-state index >= 15 is 0 Å². The molecule has 0 radical (unpaired) electrons. The van der Waals surface area contributed by atoms with E-state index in [-0.39, 0.29) is 0 Å². The van der Waals surface area contributed by atoms with Crippen LogP contribution in [0.25, 0.3) is 10.3 Å². The first-order chi connectivity index (χ1) is 18.1. The smallest absolute Gasteiger partial charge is 0.338 e. The summed E-state index contributed by atoms with van der Waals surface area (Å²) < 4.78 is 39.1. The molecule has 0 spiro atoms. The lowest BCUT2D eigenvalue weighted by Crippen LogP contribution is -2.49. The van der Waals surface area contributed by atoms with Crippen molar-refractivity contribution >= 4 is 73.2 Å². The number of para-hydroxylation sites is 1. The molecule has 1 saturated heterocycles. The Balaban J connectivity index is 1.50. The molecule has 13 heteroatoms. The van der Waals surface area contributed by atoms with E-state index in [0.717, 1.165) is 38.3 Å². The lowest BCUT2D eigenvalue weighted by molar-refractivity contribution is -0.137. The van der Waals surface area contributed by atoms with Gasteiger partial charge in [0.15, 0.2) is 15.8 Å². The fourth-order valence-electron chi connectivity index (χ4n) is 4.13. The molecule has 0 amide bonds. The molecule has 0 atom stereocenters. The minimum atomic E-state index is -4.42. The van der Waals surface area contributed by atoms with Crippen molar-refractivity contribution in [3.05, 3.63) is 58.1 Å². The van der Waals surface area contributed by atoms with Gasteiger partial charge in [-0.15, -0.1) is 0 Å². The minimum absolute atomic E-state index is 0.394. The van der Waals surface area contributed by atoms with Crippen molar-refractivity contribution in [2.24, 2.45) is 0 Å². The van der Waals surface area contributed by atoms with Gasteiger partial charge in [0.1, 0.15) is 5.52 Å². The third-order valence-corrected chi connectivity index (χ3v) is 7.74. The van der Waals surface area contributed by atoms with E-state index in [4.69, 9.17) is 33.2 Å². The van der Waals surface area contributed by atoms with Crippen LogP contribution in [0.4, 0.5) is 41.4 Å². The fraction of sp³-hybridized carbons (Fsp3) is 0.320. The number of nitrogens with one attached hydrogen (secondary N) is 2. The summed E-state index contributed by atoms with van der Waals surface area (Å²) in [5.74, 6) is 0.923. The van der Waals surface area contributed by atoms with E-state index in [0.29, 0.717) is 54.7 Å². The van der Waals surface area contributed by atoms with E-state index in [1.54, 1.807) is 18.2 Å². The maximum atomic E-state index is 13.0. The standard InChI is InChI=1S/C25H24Cl2F3N7S/c1-14(2)36-10-12-37(13-11-36)23-34-21(31-16-8-6-15(7-9-16)25(28,29)30)20-22(35-23)38-24(33-20)32-19-17(26)4-3-5-18(19)27/h3-9,14H,10-13H2,1-2H3,(H,32,33)(H,31,34,35). The van der Waals surface area contributed by atoms with E-state index in [9.17, 15) is 13.2 Å². The van der Waals surface area contributed by atoms with Crippen LogP contribution < -0.4 is 15.5 Å². The topological polar surface area (TPSA) is 69.2 Å². The summed E-state index contributed by atoms with van der Waals surface area (Å²) in [6.07, 6.45) is -4.42. The first-order valence-electron chi connectivity index (χ1n) is 11.9. The van der Waals surface area contributed by atoms with Crippen LogP contribution in [-0.4, -0.2) is 52.1 Å². The number of alkyl halides is 3. The average molecular weight is 582 g/mol. The normalized spacial score (nSPS) is 14.9. The first-order valence-corrected chi connectivity index (χ1v) is 13.5. The van der Waals surface area contributed by atoms with Gasteiger partial charge >= 0.3 is 6.18 Å². The molecular formula is C25H24Cl2F3N7S. The summed E-state index contributed by atoms with van der Waals surface area (Å²) in [4.78, 5) is 19.3. The van der Waals surface area contributed by atoms with E-state index < -0.39 is 11.7 Å². The van der Waals surface area contributed by atoms with Crippen molar-refractivity contribution in [3.8, 4) is 0 Å². The molecule has 1 aliphatic rings. The summed E-state index contributed by atoms with van der Waals surface area (Å²) >= 11 is 13.9. The monoisotopic (exact) mass is 581 g/mol. The van der Waals surface area contributed by atoms with Crippen molar-refractivity contribution < 1.29 is 13.2 Å². The highest BCUT2D eigenvalue weighted by Gasteiger charge is 2.30. The highest BCUT2D eigenvalue weighted by Crippen LogP contribution is 2.38. The molecule has 38 heavy (non-hydrogen) atoms. The molecule has 0 bridgehead atoms. The molecule has 1 fully saturated rings. The number of fused-ring (bicyclic) bond motifs is 1. The SMILES string of the molecule is CC(C)N1CCN(c2nc(Nc3ccc(C(F)(F)F)cc3)c3nc(Nc4c(Cl)cccc4Cl)sc3n2)CC1. The van der Waals surface area contributed by atoms with Gasteiger partial charge in [0.2, 0.25) is 5.95 Å². The molecule has 2 aromatic carbocycles. The molecule has 200 valence electrons. The van der Waals surface area contributed by atoms with Gasteiger partial charge in [0, 0.05) is 37.9 Å². The molecule has 0 aliphatic carbocycles. The van der Waals surface area contributed by atoms with Crippen molar-refractivity contribution in [1.29, 1.82) is 0 Å². The number of hydrogen-bond donors (Lipinski definition) is 2. The van der Waals surface area contributed by atoms with Crippen LogP contribution in [0.2, 0.25) is 10.0 Å². The predicted octanol–water partition coefficient (Wildman–Crippen LogP) is 7.43. The highest BCUT2D eigenvalue weighted by molar-refractivity contribution is 7.22. The second kappa shape index (κ2) is 10.7. The summed E-state index contributed by atoms with van der Waals surface area (Å²) in [7, 11) is 0. The number of nitrogens with zero attached hydrogens (tertiary/aromatic N) is 5. The summed E-state index contributed by atoms with van der Waals surface area (Å²) in [5.41, 5.74) is 0.719. The van der Waals surface area contributed by atoms with Gasteiger partial charge in [-0.25, -0.2) is 4.98 Å². The van der Waals surface area contributed by atoms with Gasteiger partial charge in [-0.2, -0.15) is 23.1 Å². The molecule has 0 saturated carbocycles. The van der Waals surface area contributed by atoms with Crippen LogP contribution in [0, 0.1) is 0 Å². The van der Waals surface area contributed by atoms with Crippen LogP contribution in [0.15, 0.2) is 42.5 Å². The maximum absolute atomic E-state index is 13.0. The number of piperazine rings is 1. The highest BCUT2D eigenvalue weighted by atomic mass is 35.5. The maximum Gasteiger partial charge on any atom is 0.416 e. The van der Waals surface area contributed by atoms with Crippen LogP contribution in [0.5, 0.6) is 0 Å². The van der Waals surface area contributed by atoms with E-state index in [1.165, 1.54) is 23.5 Å². The zero-order valence-electron chi connectivity index (χ0n) is 20.5.